The predicted molar refractivity (Wildman–Crippen MR) is 114 cm³/mol. The lowest BCUT2D eigenvalue weighted by Crippen LogP contribution is -2.13. The summed E-state index contributed by atoms with van der Waals surface area (Å²) in [5.74, 6) is -0.230. The zero-order chi connectivity index (χ0) is 20.2. The van der Waals surface area contributed by atoms with Crippen LogP contribution in [0.2, 0.25) is 0 Å². The van der Waals surface area contributed by atoms with Gasteiger partial charge in [-0.25, -0.2) is 0 Å². The number of nitrogens with one attached hydrogen (secondary N) is 2. The Morgan fingerprint density at radius 3 is 2.69 bits per heavy atom. The predicted octanol–water partition coefficient (Wildman–Crippen LogP) is 4.68. The van der Waals surface area contributed by atoms with Gasteiger partial charge in [0.2, 0.25) is 5.91 Å². The molecule has 6 nitrogen and oxygen atoms in total. The molecule has 2 amide bonds. The molecule has 0 fully saturated rings. The smallest absolute Gasteiger partial charge is 0.258 e. The zero-order valence-corrected chi connectivity index (χ0v) is 15.8. The first kappa shape index (κ1) is 18.3. The van der Waals surface area contributed by atoms with Crippen molar-refractivity contribution in [3.05, 3.63) is 90.3 Å². The third-order valence-electron chi connectivity index (χ3n) is 4.49. The van der Waals surface area contributed by atoms with Crippen LogP contribution in [0.1, 0.15) is 15.9 Å². The minimum Gasteiger partial charge on any atom is -0.449 e. The van der Waals surface area contributed by atoms with Gasteiger partial charge in [-0.05, 0) is 36.4 Å². The molecule has 6 heteroatoms. The molecule has 2 heterocycles. The zero-order valence-electron chi connectivity index (χ0n) is 15.8. The largest absolute Gasteiger partial charge is 0.449 e. The van der Waals surface area contributed by atoms with Gasteiger partial charge in [-0.2, -0.15) is 0 Å². The molecule has 0 radical (unpaired) electrons. The highest BCUT2D eigenvalue weighted by atomic mass is 16.3. The van der Waals surface area contributed by atoms with Gasteiger partial charge in [-0.3, -0.25) is 14.9 Å². The van der Waals surface area contributed by atoms with Crippen molar-refractivity contribution < 1.29 is 14.0 Å². The maximum atomic E-state index is 12.3. The quantitative estimate of drug-likeness (QED) is 0.490. The molecule has 0 saturated heterocycles. The Bertz CT molecular complexity index is 1200. The number of fused-ring (bicyclic) bond motifs is 1. The van der Waals surface area contributed by atoms with Gasteiger partial charge in [0.05, 0.1) is 6.26 Å². The monoisotopic (exact) mass is 385 g/mol. The second kappa shape index (κ2) is 7.90. The summed E-state index contributed by atoms with van der Waals surface area (Å²) in [7, 11) is 1.97. The van der Waals surface area contributed by atoms with Crippen LogP contribution in [0, 0.1) is 0 Å². The van der Waals surface area contributed by atoms with Crippen molar-refractivity contribution in [1.82, 2.24) is 4.57 Å². The van der Waals surface area contributed by atoms with E-state index in [1.807, 2.05) is 42.1 Å². The summed E-state index contributed by atoms with van der Waals surface area (Å²) >= 11 is 0. The highest BCUT2D eigenvalue weighted by molar-refractivity contribution is 6.06. The lowest BCUT2D eigenvalue weighted by Gasteiger charge is -2.06. The summed E-state index contributed by atoms with van der Waals surface area (Å²) < 4.78 is 7.14. The molecule has 0 spiro atoms. The first-order valence-corrected chi connectivity index (χ1v) is 9.08. The molecular weight excluding hydrogens is 366 g/mol. The van der Waals surface area contributed by atoms with Crippen molar-refractivity contribution in [1.29, 1.82) is 0 Å². The van der Waals surface area contributed by atoms with Crippen LogP contribution in [-0.2, 0) is 11.8 Å². The Kier molecular flexibility index (Phi) is 4.99. The van der Waals surface area contributed by atoms with Gasteiger partial charge >= 0.3 is 0 Å². The molecular formula is C23H19N3O3. The van der Waals surface area contributed by atoms with Gasteiger partial charge < -0.3 is 14.3 Å². The number of anilines is 2. The Labute approximate surface area is 167 Å². The second-order valence-corrected chi connectivity index (χ2v) is 6.55. The lowest BCUT2D eigenvalue weighted by molar-refractivity contribution is -0.111. The molecule has 0 aliphatic carbocycles. The number of furan rings is 1. The minimum absolute atomic E-state index is 0.276. The molecule has 0 aliphatic heterocycles. The van der Waals surface area contributed by atoms with Gasteiger partial charge in [0.25, 0.3) is 5.91 Å². The number of aromatic nitrogens is 1. The first-order chi connectivity index (χ1) is 14.1. The number of rotatable bonds is 5. The van der Waals surface area contributed by atoms with Crippen molar-refractivity contribution in [2.75, 3.05) is 10.6 Å². The molecule has 29 heavy (non-hydrogen) atoms. The van der Waals surface area contributed by atoms with E-state index < -0.39 is 0 Å². The Balaban J connectivity index is 1.45. The second-order valence-electron chi connectivity index (χ2n) is 6.55. The van der Waals surface area contributed by atoms with Crippen LogP contribution < -0.4 is 10.6 Å². The van der Waals surface area contributed by atoms with E-state index in [1.54, 1.807) is 42.5 Å². The van der Waals surface area contributed by atoms with Crippen LogP contribution in [-0.4, -0.2) is 16.4 Å². The topological polar surface area (TPSA) is 76.3 Å². The molecule has 4 aromatic rings. The number of para-hydroxylation sites is 1. The van der Waals surface area contributed by atoms with Gasteiger partial charge in [-0.15, -0.1) is 0 Å². The van der Waals surface area contributed by atoms with Crippen LogP contribution >= 0.6 is 0 Å². The third kappa shape index (κ3) is 4.11. The molecule has 2 N–H and O–H groups in total. The fourth-order valence-electron chi connectivity index (χ4n) is 3.13. The van der Waals surface area contributed by atoms with Crippen molar-refractivity contribution in [3.63, 3.8) is 0 Å². The normalized spacial score (nSPS) is 11.1. The van der Waals surface area contributed by atoms with Crippen molar-refractivity contribution in [2.24, 2.45) is 7.05 Å². The van der Waals surface area contributed by atoms with Crippen molar-refractivity contribution in [3.8, 4) is 0 Å². The number of hydrogen-bond acceptors (Lipinski definition) is 3. The van der Waals surface area contributed by atoms with Crippen LogP contribution in [0.15, 0.2) is 83.6 Å². The maximum absolute atomic E-state index is 12.3. The van der Waals surface area contributed by atoms with E-state index in [4.69, 9.17) is 4.42 Å². The molecule has 0 atom stereocenters. The molecule has 4 rings (SSSR count). The average Bonchev–Trinajstić information content (AvgIpc) is 3.35. The first-order valence-electron chi connectivity index (χ1n) is 9.08. The molecule has 2 aromatic heterocycles. The summed E-state index contributed by atoms with van der Waals surface area (Å²) in [5, 5.41) is 6.51. The number of hydrogen-bond donors (Lipinski definition) is 2. The standard InChI is InChI=1S/C23H19N3O3/c1-26-15-17(19-8-2-3-9-20(19)26)11-12-21(27)24-18-7-4-6-16(14-18)23(28)25-22-10-5-13-29-22/h2-15H,1H3,(H,24,27)(H,25,28)/b12-11+. The Hall–Kier alpha value is -4.06. The van der Waals surface area contributed by atoms with Gasteiger partial charge in [-0.1, -0.05) is 24.3 Å². The van der Waals surface area contributed by atoms with E-state index in [1.165, 1.54) is 12.3 Å². The van der Waals surface area contributed by atoms with Crippen molar-refractivity contribution >= 4 is 40.4 Å². The fraction of sp³-hybridized carbons (Fsp3) is 0.0435. The van der Waals surface area contributed by atoms with E-state index in [0.717, 1.165) is 16.5 Å². The maximum Gasteiger partial charge on any atom is 0.258 e. The van der Waals surface area contributed by atoms with Gasteiger partial charge in [0.1, 0.15) is 0 Å². The molecule has 144 valence electrons. The Morgan fingerprint density at radius 1 is 1.00 bits per heavy atom. The highest BCUT2D eigenvalue weighted by Crippen LogP contribution is 2.21. The number of carbonyl (C=O) groups excluding carboxylic acids is 2. The van der Waals surface area contributed by atoms with E-state index in [9.17, 15) is 9.59 Å². The Morgan fingerprint density at radius 2 is 1.86 bits per heavy atom. The van der Waals surface area contributed by atoms with E-state index in [2.05, 4.69) is 10.6 Å². The number of amides is 2. The van der Waals surface area contributed by atoms with Gasteiger partial charge in [0.15, 0.2) is 5.88 Å². The number of carbonyl (C=O) groups is 2. The van der Waals surface area contributed by atoms with Crippen LogP contribution in [0.25, 0.3) is 17.0 Å². The van der Waals surface area contributed by atoms with Gasteiger partial charge in [0, 0.05) is 53.1 Å². The number of aryl methyl sites for hydroxylation is 1. The van der Waals surface area contributed by atoms with Crippen LogP contribution in [0.3, 0.4) is 0 Å². The molecule has 0 unspecified atom stereocenters. The van der Waals surface area contributed by atoms with Crippen molar-refractivity contribution in [2.45, 2.75) is 0 Å². The summed E-state index contributed by atoms with van der Waals surface area (Å²) in [6.45, 7) is 0. The van der Waals surface area contributed by atoms with E-state index in [-0.39, 0.29) is 11.8 Å². The number of benzene rings is 2. The third-order valence-corrected chi connectivity index (χ3v) is 4.49. The summed E-state index contributed by atoms with van der Waals surface area (Å²) in [5.41, 5.74) is 3.01. The molecule has 0 aliphatic rings. The van der Waals surface area contributed by atoms with E-state index >= 15 is 0 Å². The summed E-state index contributed by atoms with van der Waals surface area (Å²) in [4.78, 5) is 24.6. The lowest BCUT2D eigenvalue weighted by atomic mass is 10.1. The average molecular weight is 385 g/mol. The minimum atomic E-state index is -0.317. The summed E-state index contributed by atoms with van der Waals surface area (Å²) in [6, 6.07) is 18.1. The van der Waals surface area contributed by atoms with Crippen LogP contribution in [0.5, 0.6) is 0 Å². The van der Waals surface area contributed by atoms with E-state index in [0.29, 0.717) is 17.1 Å². The molecule has 0 saturated carbocycles. The molecule has 2 aromatic carbocycles. The summed E-state index contributed by atoms with van der Waals surface area (Å²) in [6.07, 6.45) is 6.73. The SMILES string of the molecule is Cn1cc(/C=C/C(=O)Nc2cccc(C(=O)Nc3ccco3)c2)c2ccccc21. The highest BCUT2D eigenvalue weighted by Gasteiger charge is 2.09. The number of nitrogens with zero attached hydrogens (tertiary/aromatic N) is 1. The van der Waals surface area contributed by atoms with Crippen LogP contribution in [0.4, 0.5) is 11.6 Å². The molecule has 0 bridgehead atoms. The fourth-order valence-corrected chi connectivity index (χ4v) is 3.13.